The standard InChI is InChI=1S/C68H106N20O16/c1-5-17-41(56(93)79-42(21-10-11-29-69)55(92)76-37-54(91)86-32-14-24-50(86)61(98)82-45(18-6-2)64(101)87-33-16-26-52(87)63(100)84-48(66(103)104)36-40-19-8-7-9-20-40)78-60(97)49(38-89)85-59(96)47(35-39(3)4)83-57(94)43(22-12-30-74-67(70)71)80-62(99)51-25-15-34-88(51)65(102)46(23-13-31-75-68(72)73)81-58(95)44-27-28-53(90)77-44/h5-9,19-20,39,41-52,89H,1-2,10-18,21-38,69H2,3-4H3,(H,76,92)(H,77,90)(H,78,97)(H,79,93)(H,80,99)(H,81,95)(H,82,98)(H,83,94)(H,84,100)(H,85,96)(H,103,104)(H4,70,71,74)(H4,72,73,75)/t41-,42-,43-,44-,45-,46-,47-,48-,49-,50-,51-,52-/m0/s1. The second-order valence-electron chi connectivity index (χ2n) is 26.6. The molecule has 12 atom stereocenters. The summed E-state index contributed by atoms with van der Waals surface area (Å²) in [5.74, 6) is -11.4. The quantitative estimate of drug-likeness (QED) is 0.0126. The zero-order valence-electron chi connectivity index (χ0n) is 59.3. The number of aliphatic hydroxyl groups is 1. The molecule has 5 rings (SSSR count). The van der Waals surface area contributed by atoms with Gasteiger partial charge in [-0.15, -0.1) is 13.2 Å². The third-order valence-corrected chi connectivity index (χ3v) is 18.1. The van der Waals surface area contributed by atoms with E-state index in [1.807, 2.05) is 0 Å². The predicted molar refractivity (Wildman–Crippen MR) is 381 cm³/mol. The molecule has 36 heteroatoms. The van der Waals surface area contributed by atoms with Crippen LogP contribution >= 0.6 is 0 Å². The summed E-state index contributed by atoms with van der Waals surface area (Å²) >= 11 is 0. The Bertz CT molecular complexity index is 3260. The molecule has 1 aromatic rings. The highest BCUT2D eigenvalue weighted by molar-refractivity contribution is 6.00. The van der Waals surface area contributed by atoms with Crippen LogP contribution in [0.5, 0.6) is 0 Å². The van der Waals surface area contributed by atoms with Gasteiger partial charge in [0.15, 0.2) is 11.9 Å². The van der Waals surface area contributed by atoms with E-state index in [0.717, 1.165) is 0 Å². The van der Waals surface area contributed by atoms with E-state index in [2.05, 4.69) is 76.3 Å². The van der Waals surface area contributed by atoms with Gasteiger partial charge in [-0.2, -0.15) is 0 Å². The number of nitrogens with two attached hydrogens (primary N) is 5. The molecule has 1 aromatic carbocycles. The van der Waals surface area contributed by atoms with Crippen molar-refractivity contribution < 1.29 is 77.3 Å². The number of carboxylic acids is 1. The van der Waals surface area contributed by atoms with E-state index in [1.165, 1.54) is 26.9 Å². The number of likely N-dealkylation sites (tertiary alicyclic amines) is 3. The van der Waals surface area contributed by atoms with Crippen molar-refractivity contribution in [2.75, 3.05) is 52.4 Å². The summed E-state index contributed by atoms with van der Waals surface area (Å²) in [7, 11) is 0. The number of hydrogen-bond acceptors (Lipinski definition) is 18. The molecule has 4 aliphatic heterocycles. The van der Waals surface area contributed by atoms with Crippen LogP contribution in [-0.4, -0.2) is 245 Å². The van der Waals surface area contributed by atoms with Crippen molar-refractivity contribution in [3.05, 3.63) is 61.2 Å². The molecule has 4 aliphatic rings. The lowest BCUT2D eigenvalue weighted by atomic mass is 10.0. The zero-order chi connectivity index (χ0) is 76.6. The second-order valence-corrected chi connectivity index (χ2v) is 26.6. The van der Waals surface area contributed by atoms with Gasteiger partial charge >= 0.3 is 5.97 Å². The van der Waals surface area contributed by atoms with E-state index in [0.29, 0.717) is 37.7 Å². The smallest absolute Gasteiger partial charge is 0.326 e. The van der Waals surface area contributed by atoms with Crippen LogP contribution in [0.25, 0.3) is 0 Å². The van der Waals surface area contributed by atoms with Crippen molar-refractivity contribution >= 4 is 94.7 Å². The van der Waals surface area contributed by atoms with Crippen LogP contribution in [0.3, 0.4) is 0 Å². The number of carbonyl (C=O) groups is 14. The molecule has 0 radical (unpaired) electrons. The Balaban J connectivity index is 1.22. The Labute approximate surface area is 604 Å². The van der Waals surface area contributed by atoms with Gasteiger partial charge in [0.1, 0.15) is 72.5 Å². The third-order valence-electron chi connectivity index (χ3n) is 18.1. The summed E-state index contributed by atoms with van der Waals surface area (Å²) in [6.45, 7) is 9.99. The summed E-state index contributed by atoms with van der Waals surface area (Å²) in [6, 6.07) is -6.36. The molecule has 0 aromatic heterocycles. The van der Waals surface area contributed by atoms with Crippen LogP contribution in [0.2, 0.25) is 0 Å². The van der Waals surface area contributed by atoms with Crippen molar-refractivity contribution in [2.45, 2.75) is 208 Å². The lowest BCUT2D eigenvalue weighted by Gasteiger charge is -2.31. The molecule has 4 fully saturated rings. The van der Waals surface area contributed by atoms with Crippen LogP contribution in [0.1, 0.15) is 135 Å². The highest BCUT2D eigenvalue weighted by Crippen LogP contribution is 2.24. The van der Waals surface area contributed by atoms with Gasteiger partial charge < -0.3 is 107 Å². The SMILES string of the molecule is C=CC[C@H](NC(=O)[C@H](CO)NC(=O)[C@H](CC(C)C)NC(=O)[C@H](CCCN=C(N)N)NC(=O)[C@@H]1CCCN1C(=O)[C@H](CCCN=C(N)N)NC(=O)[C@@H]1CCC(=O)N1)C(=O)N[C@@H](CCCCN)C(=O)NCC(=O)N1CCC[C@H]1C(=O)N[C@@H](CC=C)C(=O)N1CCC[C@H]1C(=O)N[C@@H](Cc1ccccc1)C(=O)O. The number of guanidine groups is 2. The maximum absolute atomic E-state index is 14.4. The molecule has 574 valence electrons. The first-order chi connectivity index (χ1) is 49.6. The Morgan fingerprint density at radius 2 is 1.01 bits per heavy atom. The topological polar surface area (TPSA) is 564 Å². The minimum atomic E-state index is -1.74. The number of rotatable bonds is 43. The number of aliphatic imine (C=N–C) groups is 2. The summed E-state index contributed by atoms with van der Waals surface area (Å²) in [5.41, 5.74) is 28.5. The first-order valence-electron chi connectivity index (χ1n) is 35.4. The van der Waals surface area contributed by atoms with Gasteiger partial charge in [-0.3, -0.25) is 72.3 Å². The first-order valence-corrected chi connectivity index (χ1v) is 35.4. The van der Waals surface area contributed by atoms with E-state index in [-0.39, 0.29) is 153 Å². The van der Waals surface area contributed by atoms with Gasteiger partial charge in [-0.05, 0) is 127 Å². The molecule has 0 unspecified atom stereocenters. The lowest BCUT2D eigenvalue weighted by Crippen LogP contribution is -2.60. The summed E-state index contributed by atoms with van der Waals surface area (Å²) in [4.78, 5) is 204. The minimum absolute atomic E-state index is 0.00149. The molecule has 36 nitrogen and oxygen atoms in total. The molecular formula is C68H106N20O16. The molecule has 104 heavy (non-hydrogen) atoms. The number of benzene rings is 1. The van der Waals surface area contributed by atoms with Gasteiger partial charge in [0.2, 0.25) is 76.8 Å². The fourth-order valence-electron chi connectivity index (χ4n) is 12.7. The molecule has 0 spiro atoms. The molecule has 4 saturated heterocycles. The number of aliphatic carboxylic acids is 1. The van der Waals surface area contributed by atoms with Gasteiger partial charge in [-0.25, -0.2) is 4.79 Å². The van der Waals surface area contributed by atoms with Crippen LogP contribution < -0.4 is 81.8 Å². The van der Waals surface area contributed by atoms with E-state index >= 15 is 0 Å². The number of amides is 13. The predicted octanol–water partition coefficient (Wildman–Crippen LogP) is -5.01. The summed E-state index contributed by atoms with van der Waals surface area (Å²) in [5, 5.41) is 46.6. The summed E-state index contributed by atoms with van der Waals surface area (Å²) < 4.78 is 0. The molecule has 0 saturated carbocycles. The Morgan fingerprint density at radius 1 is 0.558 bits per heavy atom. The average Bonchev–Trinajstić information content (AvgIpc) is 1.63. The van der Waals surface area contributed by atoms with Crippen molar-refractivity contribution in [1.29, 1.82) is 0 Å². The van der Waals surface area contributed by atoms with Gasteiger partial charge in [0.25, 0.3) is 0 Å². The average molecular weight is 1460 g/mol. The largest absolute Gasteiger partial charge is 0.480 e. The van der Waals surface area contributed by atoms with Crippen molar-refractivity contribution in [3.8, 4) is 0 Å². The highest BCUT2D eigenvalue weighted by Gasteiger charge is 2.44. The maximum Gasteiger partial charge on any atom is 0.326 e. The van der Waals surface area contributed by atoms with Crippen LogP contribution in [0.15, 0.2) is 65.6 Å². The molecule has 22 N–H and O–H groups in total. The number of carboxylic acid groups (broad SMARTS) is 1. The molecule has 13 amide bonds. The van der Waals surface area contributed by atoms with Crippen molar-refractivity contribution in [1.82, 2.24) is 67.9 Å². The third kappa shape index (κ3) is 26.5. The van der Waals surface area contributed by atoms with E-state index < -0.39 is 163 Å². The monoisotopic (exact) mass is 1460 g/mol. The van der Waals surface area contributed by atoms with Crippen LogP contribution in [0.4, 0.5) is 0 Å². The van der Waals surface area contributed by atoms with Gasteiger partial charge in [0, 0.05) is 45.6 Å². The number of unbranched alkanes of at least 4 members (excludes halogenated alkanes) is 1. The number of aliphatic hydroxyl groups excluding tert-OH is 1. The first kappa shape index (κ1) is 84.4. The van der Waals surface area contributed by atoms with Crippen molar-refractivity contribution in [3.63, 3.8) is 0 Å². The van der Waals surface area contributed by atoms with E-state index in [9.17, 15) is 77.3 Å². The van der Waals surface area contributed by atoms with Crippen molar-refractivity contribution in [2.24, 2.45) is 44.6 Å². The fourth-order valence-corrected chi connectivity index (χ4v) is 12.7. The highest BCUT2D eigenvalue weighted by atomic mass is 16.4. The Hall–Kier alpha value is -10.3. The molecule has 0 bridgehead atoms. The Kier molecular flexibility index (Phi) is 34.9. The Morgan fingerprint density at radius 3 is 1.54 bits per heavy atom. The van der Waals surface area contributed by atoms with E-state index in [4.69, 9.17) is 28.7 Å². The zero-order valence-corrected chi connectivity index (χ0v) is 59.3. The number of hydrogen-bond donors (Lipinski definition) is 17. The second kappa shape index (κ2) is 43.0. The van der Waals surface area contributed by atoms with Gasteiger partial charge in [-0.1, -0.05) is 56.3 Å². The fraction of sp³-hybridized carbons (Fsp3) is 0.618. The van der Waals surface area contributed by atoms with Crippen LogP contribution in [0, 0.1) is 5.92 Å². The lowest BCUT2D eigenvalue weighted by molar-refractivity contribution is -0.145. The molecular weight excluding hydrogens is 1350 g/mol. The normalized spacial score (nSPS) is 19.2. The maximum atomic E-state index is 14.4. The number of nitrogens with one attached hydrogen (secondary N) is 10. The van der Waals surface area contributed by atoms with Crippen LogP contribution in [-0.2, 0) is 73.5 Å². The summed E-state index contributed by atoms with van der Waals surface area (Å²) in [6.07, 6.45) is 5.60. The number of carbonyl (C=O) groups excluding carboxylic acids is 13. The van der Waals surface area contributed by atoms with E-state index in [1.54, 1.807) is 44.2 Å². The molecule has 4 heterocycles. The molecule has 0 aliphatic carbocycles. The van der Waals surface area contributed by atoms with Gasteiger partial charge in [0.05, 0.1) is 13.2 Å². The number of nitrogens with zero attached hydrogens (tertiary/aromatic N) is 5. The minimum Gasteiger partial charge on any atom is -0.480 e.